The summed E-state index contributed by atoms with van der Waals surface area (Å²) in [5, 5.41) is 3.22. The molecule has 3 rings (SSSR count). The van der Waals surface area contributed by atoms with Crippen LogP contribution in [0.25, 0.3) is 0 Å². The normalized spacial score (nSPS) is 15.8. The lowest BCUT2D eigenvalue weighted by atomic mass is 9.92. The summed E-state index contributed by atoms with van der Waals surface area (Å²) < 4.78 is 0. The van der Waals surface area contributed by atoms with E-state index in [4.69, 9.17) is 0 Å². The highest BCUT2D eigenvalue weighted by molar-refractivity contribution is 7.98. The zero-order valence-electron chi connectivity index (χ0n) is 17.4. The van der Waals surface area contributed by atoms with Crippen molar-refractivity contribution in [1.29, 1.82) is 0 Å². The monoisotopic (exact) mass is 417 g/mol. The summed E-state index contributed by atoms with van der Waals surface area (Å²) >= 11 is 3.45. The van der Waals surface area contributed by atoms with Gasteiger partial charge >= 0.3 is 0 Å². The molecule has 1 saturated heterocycles. The van der Waals surface area contributed by atoms with E-state index >= 15 is 0 Å². The molecule has 2 aromatic rings. The number of rotatable bonds is 6. The van der Waals surface area contributed by atoms with Crippen molar-refractivity contribution in [2.24, 2.45) is 5.41 Å². The zero-order valence-corrected chi connectivity index (χ0v) is 19.0. The number of hydrogen-bond donors (Lipinski definition) is 0. The van der Waals surface area contributed by atoms with Crippen LogP contribution in [0.2, 0.25) is 0 Å². The number of thiazole rings is 1. The van der Waals surface area contributed by atoms with E-state index in [0.29, 0.717) is 5.41 Å². The Balaban J connectivity index is 1.47. The molecule has 28 heavy (non-hydrogen) atoms. The summed E-state index contributed by atoms with van der Waals surface area (Å²) in [6, 6.07) is 8.03. The molecule has 2 heterocycles. The standard InChI is InChI=1S/C22H31N3OS2/c1-17-23-19(15-27-17)16-28-20-7-5-18(6-8-20)21(26)25-13-11-24(12-14-25)10-9-22(2,3)4/h5-8,15H,9-14,16H2,1-4H3. The van der Waals surface area contributed by atoms with Crippen LogP contribution in [0.4, 0.5) is 0 Å². The van der Waals surface area contributed by atoms with Gasteiger partial charge in [-0.05, 0) is 49.6 Å². The predicted octanol–water partition coefficient (Wildman–Crippen LogP) is 4.94. The lowest BCUT2D eigenvalue weighted by Gasteiger charge is -2.36. The van der Waals surface area contributed by atoms with E-state index in [9.17, 15) is 4.79 Å². The van der Waals surface area contributed by atoms with E-state index in [2.05, 4.69) is 48.2 Å². The van der Waals surface area contributed by atoms with E-state index < -0.39 is 0 Å². The third-order valence-electron chi connectivity index (χ3n) is 4.99. The smallest absolute Gasteiger partial charge is 0.253 e. The lowest BCUT2D eigenvalue weighted by Crippen LogP contribution is -2.49. The molecule has 0 bridgehead atoms. The molecule has 6 heteroatoms. The molecule has 1 amide bonds. The van der Waals surface area contributed by atoms with Crippen LogP contribution in [0.1, 0.15) is 48.3 Å². The van der Waals surface area contributed by atoms with Crippen molar-refractivity contribution >= 4 is 29.0 Å². The van der Waals surface area contributed by atoms with Crippen molar-refractivity contribution in [3.8, 4) is 0 Å². The van der Waals surface area contributed by atoms with Crippen molar-refractivity contribution in [2.45, 2.75) is 44.8 Å². The maximum Gasteiger partial charge on any atom is 0.253 e. The lowest BCUT2D eigenvalue weighted by molar-refractivity contribution is 0.0623. The first-order chi connectivity index (χ1) is 13.3. The van der Waals surface area contributed by atoms with Crippen molar-refractivity contribution in [2.75, 3.05) is 32.7 Å². The molecule has 1 fully saturated rings. The summed E-state index contributed by atoms with van der Waals surface area (Å²) in [4.78, 5) is 23.0. The highest BCUT2D eigenvalue weighted by atomic mass is 32.2. The van der Waals surface area contributed by atoms with Gasteiger partial charge in [0.15, 0.2) is 0 Å². The van der Waals surface area contributed by atoms with Gasteiger partial charge in [0, 0.05) is 47.8 Å². The second-order valence-electron chi connectivity index (χ2n) is 8.62. The summed E-state index contributed by atoms with van der Waals surface area (Å²) in [6.45, 7) is 13.6. The highest BCUT2D eigenvalue weighted by Crippen LogP contribution is 2.24. The molecule has 0 saturated carbocycles. The molecule has 0 atom stereocenters. The molecule has 0 N–H and O–H groups in total. The molecule has 0 unspecified atom stereocenters. The fourth-order valence-electron chi connectivity index (χ4n) is 3.18. The Morgan fingerprint density at radius 3 is 2.39 bits per heavy atom. The van der Waals surface area contributed by atoms with Gasteiger partial charge in [-0.25, -0.2) is 4.98 Å². The van der Waals surface area contributed by atoms with Gasteiger partial charge in [0.1, 0.15) is 0 Å². The molecule has 1 aromatic heterocycles. The minimum Gasteiger partial charge on any atom is -0.336 e. The van der Waals surface area contributed by atoms with Gasteiger partial charge in [-0.2, -0.15) is 0 Å². The van der Waals surface area contributed by atoms with Crippen LogP contribution in [0.5, 0.6) is 0 Å². The molecular weight excluding hydrogens is 386 g/mol. The Bertz CT molecular complexity index is 772. The first kappa shape index (κ1) is 21.3. The van der Waals surface area contributed by atoms with Crippen LogP contribution in [0.15, 0.2) is 34.5 Å². The van der Waals surface area contributed by atoms with Gasteiger partial charge in [0.25, 0.3) is 5.91 Å². The molecule has 1 aliphatic rings. The van der Waals surface area contributed by atoms with Gasteiger partial charge in [-0.3, -0.25) is 9.69 Å². The number of amides is 1. The Hall–Kier alpha value is -1.37. The minimum atomic E-state index is 0.155. The van der Waals surface area contributed by atoms with E-state index in [1.165, 1.54) is 11.3 Å². The number of aromatic nitrogens is 1. The van der Waals surface area contributed by atoms with Crippen molar-refractivity contribution in [3.63, 3.8) is 0 Å². The SMILES string of the molecule is Cc1nc(CSc2ccc(C(=O)N3CCN(CCC(C)(C)C)CC3)cc2)cs1. The fraction of sp³-hybridized carbons (Fsp3) is 0.545. The van der Waals surface area contributed by atoms with Crippen molar-refractivity contribution in [3.05, 3.63) is 45.9 Å². The molecule has 0 spiro atoms. The molecule has 152 valence electrons. The fourth-order valence-corrected chi connectivity index (χ4v) is 4.69. The molecule has 0 radical (unpaired) electrons. The number of carbonyl (C=O) groups excluding carboxylic acids is 1. The minimum absolute atomic E-state index is 0.155. The second kappa shape index (κ2) is 9.42. The number of benzene rings is 1. The van der Waals surface area contributed by atoms with Crippen LogP contribution >= 0.6 is 23.1 Å². The third kappa shape index (κ3) is 6.33. The number of nitrogens with zero attached hydrogens (tertiary/aromatic N) is 3. The Morgan fingerprint density at radius 1 is 1.14 bits per heavy atom. The molecular formula is C22H31N3OS2. The molecule has 0 aliphatic carbocycles. The second-order valence-corrected chi connectivity index (χ2v) is 10.7. The largest absolute Gasteiger partial charge is 0.336 e. The Labute approximate surface area is 177 Å². The van der Waals surface area contributed by atoms with Crippen LogP contribution in [0.3, 0.4) is 0 Å². The average molecular weight is 418 g/mol. The quantitative estimate of drug-likeness (QED) is 0.624. The predicted molar refractivity (Wildman–Crippen MR) is 119 cm³/mol. The van der Waals surface area contributed by atoms with Gasteiger partial charge in [0.05, 0.1) is 10.7 Å². The van der Waals surface area contributed by atoms with E-state index in [-0.39, 0.29) is 5.91 Å². The maximum absolute atomic E-state index is 12.8. The number of carbonyl (C=O) groups is 1. The Morgan fingerprint density at radius 2 is 1.82 bits per heavy atom. The van der Waals surface area contributed by atoms with Crippen molar-refractivity contribution < 1.29 is 4.79 Å². The number of aryl methyl sites for hydroxylation is 1. The van der Waals surface area contributed by atoms with E-state index in [1.54, 1.807) is 23.1 Å². The van der Waals surface area contributed by atoms with Gasteiger partial charge in [0.2, 0.25) is 0 Å². The molecule has 1 aromatic carbocycles. The van der Waals surface area contributed by atoms with Crippen molar-refractivity contribution in [1.82, 2.24) is 14.8 Å². The Kier molecular flexibility index (Phi) is 7.18. The van der Waals surface area contributed by atoms with Crippen LogP contribution in [-0.4, -0.2) is 53.4 Å². The number of hydrogen-bond acceptors (Lipinski definition) is 5. The summed E-state index contributed by atoms with van der Waals surface area (Å²) in [6.07, 6.45) is 1.19. The topological polar surface area (TPSA) is 36.4 Å². The van der Waals surface area contributed by atoms with E-state index in [1.807, 2.05) is 24.0 Å². The molecule has 1 aliphatic heterocycles. The van der Waals surface area contributed by atoms with Gasteiger partial charge in [-0.15, -0.1) is 23.1 Å². The van der Waals surface area contributed by atoms with Crippen LogP contribution in [0, 0.1) is 12.3 Å². The van der Waals surface area contributed by atoms with Gasteiger partial charge in [-0.1, -0.05) is 20.8 Å². The third-order valence-corrected chi connectivity index (χ3v) is 6.86. The summed E-state index contributed by atoms with van der Waals surface area (Å²) in [7, 11) is 0. The van der Waals surface area contributed by atoms with Crippen LogP contribution in [-0.2, 0) is 5.75 Å². The zero-order chi connectivity index (χ0) is 20.1. The van der Waals surface area contributed by atoms with Gasteiger partial charge < -0.3 is 4.90 Å². The highest BCUT2D eigenvalue weighted by Gasteiger charge is 2.23. The first-order valence-electron chi connectivity index (χ1n) is 9.96. The summed E-state index contributed by atoms with van der Waals surface area (Å²) in [5.74, 6) is 1.02. The molecule has 4 nitrogen and oxygen atoms in total. The number of piperazine rings is 1. The number of thioether (sulfide) groups is 1. The summed E-state index contributed by atoms with van der Waals surface area (Å²) in [5.41, 5.74) is 2.28. The average Bonchev–Trinajstić information content (AvgIpc) is 3.10. The van der Waals surface area contributed by atoms with Crippen LogP contribution < -0.4 is 0 Å². The first-order valence-corrected chi connectivity index (χ1v) is 11.8. The van der Waals surface area contributed by atoms with E-state index in [0.717, 1.165) is 54.7 Å². The maximum atomic E-state index is 12.8.